The molecule has 11 rings (SSSR count). The summed E-state index contributed by atoms with van der Waals surface area (Å²) in [4.78, 5) is 15.1. The van der Waals surface area contributed by atoms with Gasteiger partial charge in [-0.2, -0.15) is 0 Å². The number of hydrogen-bond acceptors (Lipinski definition) is 4. The summed E-state index contributed by atoms with van der Waals surface area (Å²) < 4.78 is 6.95. The lowest BCUT2D eigenvalue weighted by atomic mass is 9.89. The molecule has 0 saturated carbocycles. The molecule has 0 spiro atoms. The predicted octanol–water partition coefficient (Wildman–Crippen LogP) is 13.6. The third-order valence-electron chi connectivity index (χ3n) is 10.7. The predicted molar refractivity (Wildman–Crippen MR) is 227 cm³/mol. The van der Waals surface area contributed by atoms with Crippen LogP contribution in [0, 0.1) is 0 Å². The van der Waals surface area contributed by atoms with E-state index >= 15 is 0 Å². The zero-order valence-electron chi connectivity index (χ0n) is 29.6. The van der Waals surface area contributed by atoms with Crippen LogP contribution >= 0.6 is 0 Å². The minimum absolute atomic E-state index is 0.632. The second-order valence-corrected chi connectivity index (χ2v) is 13.9. The van der Waals surface area contributed by atoms with Crippen LogP contribution in [0.4, 0.5) is 0 Å². The average molecular weight is 702 g/mol. The van der Waals surface area contributed by atoms with E-state index in [1.807, 2.05) is 60.7 Å². The van der Waals surface area contributed by atoms with Crippen LogP contribution < -0.4 is 0 Å². The van der Waals surface area contributed by atoms with Crippen molar-refractivity contribution in [1.82, 2.24) is 15.0 Å². The third-order valence-corrected chi connectivity index (χ3v) is 10.7. The van der Waals surface area contributed by atoms with Crippen molar-refractivity contribution in [2.24, 2.45) is 0 Å². The number of nitrogens with zero attached hydrogens (tertiary/aromatic N) is 3. The Morgan fingerprint density at radius 2 is 0.800 bits per heavy atom. The van der Waals surface area contributed by atoms with E-state index in [4.69, 9.17) is 19.4 Å². The smallest absolute Gasteiger partial charge is 0.164 e. The molecule has 0 aliphatic heterocycles. The summed E-state index contributed by atoms with van der Waals surface area (Å²) in [5, 5.41) is 9.09. The molecular formula is C51H31N3O. The van der Waals surface area contributed by atoms with Crippen molar-refractivity contribution >= 4 is 54.3 Å². The molecule has 0 radical (unpaired) electrons. The highest BCUT2D eigenvalue weighted by molar-refractivity contribution is 6.22. The van der Waals surface area contributed by atoms with Crippen LogP contribution in [-0.2, 0) is 0 Å². The molecule has 2 heterocycles. The van der Waals surface area contributed by atoms with E-state index in [1.54, 1.807) is 0 Å². The van der Waals surface area contributed by atoms with Gasteiger partial charge in [0.05, 0.1) is 0 Å². The molecule has 0 saturated heterocycles. The Balaban J connectivity index is 1.17. The SMILES string of the molecule is c1ccc(-c2nc(-c3ccccc3)nc(-c3ccc(-c4ccc(-c5cccc6ccccc56)c5oc6cc7ccccc7cc6c45)c4ccccc34)n2)cc1. The summed E-state index contributed by atoms with van der Waals surface area (Å²) >= 11 is 0. The Labute approximate surface area is 317 Å². The fraction of sp³-hybridized carbons (Fsp3) is 0. The van der Waals surface area contributed by atoms with Gasteiger partial charge in [-0.1, -0.05) is 164 Å². The largest absolute Gasteiger partial charge is 0.455 e. The van der Waals surface area contributed by atoms with Gasteiger partial charge in [-0.3, -0.25) is 0 Å². The third kappa shape index (κ3) is 5.19. The lowest BCUT2D eigenvalue weighted by Crippen LogP contribution is -2.00. The zero-order chi connectivity index (χ0) is 36.3. The number of benzene rings is 9. The molecule has 0 unspecified atom stereocenters. The van der Waals surface area contributed by atoms with E-state index in [2.05, 4.69) is 127 Å². The molecule has 9 aromatic carbocycles. The number of fused-ring (bicyclic) bond motifs is 6. The van der Waals surface area contributed by atoms with E-state index in [0.717, 1.165) is 77.0 Å². The molecular weight excluding hydrogens is 671 g/mol. The van der Waals surface area contributed by atoms with E-state index in [-0.39, 0.29) is 0 Å². The maximum absolute atomic E-state index is 6.95. The van der Waals surface area contributed by atoms with Crippen molar-refractivity contribution in [2.75, 3.05) is 0 Å². The molecule has 2 aromatic heterocycles. The standard InChI is InChI=1S/C51H31N3O/c1-3-15-33(16-4-1)49-52-50(34-17-5-2-6-18-34)54-51(53-49)44-29-26-41(39-23-11-12-24-40(39)44)42-27-28-43(38-25-13-21-32-14-9-10-22-37(32)38)48-47(42)45-30-35-19-7-8-20-36(35)31-46(45)55-48/h1-31H. The van der Waals surface area contributed by atoms with Crippen LogP contribution in [0.15, 0.2) is 192 Å². The first-order valence-corrected chi connectivity index (χ1v) is 18.5. The Bertz CT molecular complexity index is 3200. The normalized spacial score (nSPS) is 11.6. The molecule has 0 aliphatic rings. The summed E-state index contributed by atoms with van der Waals surface area (Å²) in [7, 11) is 0. The molecule has 4 nitrogen and oxygen atoms in total. The second-order valence-electron chi connectivity index (χ2n) is 13.9. The molecule has 4 heteroatoms. The summed E-state index contributed by atoms with van der Waals surface area (Å²) in [6.07, 6.45) is 0. The summed E-state index contributed by atoms with van der Waals surface area (Å²) in [6, 6.07) is 65.7. The average Bonchev–Trinajstić information content (AvgIpc) is 3.63. The monoisotopic (exact) mass is 701 g/mol. The van der Waals surface area contributed by atoms with E-state index in [0.29, 0.717) is 17.5 Å². The second kappa shape index (κ2) is 12.6. The number of rotatable bonds is 5. The van der Waals surface area contributed by atoms with E-state index in [1.165, 1.54) is 16.2 Å². The lowest BCUT2D eigenvalue weighted by Gasteiger charge is -2.15. The van der Waals surface area contributed by atoms with Crippen LogP contribution in [-0.4, -0.2) is 15.0 Å². The van der Waals surface area contributed by atoms with Gasteiger partial charge in [0.2, 0.25) is 0 Å². The zero-order valence-corrected chi connectivity index (χ0v) is 29.6. The van der Waals surface area contributed by atoms with Crippen LogP contribution in [0.1, 0.15) is 0 Å². The topological polar surface area (TPSA) is 51.8 Å². The molecule has 0 N–H and O–H groups in total. The molecule has 55 heavy (non-hydrogen) atoms. The molecule has 0 amide bonds. The van der Waals surface area contributed by atoms with E-state index < -0.39 is 0 Å². The van der Waals surface area contributed by atoms with Crippen LogP contribution in [0.5, 0.6) is 0 Å². The first-order chi connectivity index (χ1) is 27.3. The minimum atomic E-state index is 0.632. The van der Waals surface area contributed by atoms with Gasteiger partial charge in [-0.05, 0) is 73.3 Å². The van der Waals surface area contributed by atoms with Crippen molar-refractivity contribution in [2.45, 2.75) is 0 Å². The van der Waals surface area contributed by atoms with Gasteiger partial charge in [-0.25, -0.2) is 15.0 Å². The van der Waals surface area contributed by atoms with Crippen LogP contribution in [0.2, 0.25) is 0 Å². The summed E-state index contributed by atoms with van der Waals surface area (Å²) in [5.74, 6) is 1.91. The lowest BCUT2D eigenvalue weighted by molar-refractivity contribution is 0.670. The first-order valence-electron chi connectivity index (χ1n) is 18.5. The van der Waals surface area contributed by atoms with Crippen LogP contribution in [0.25, 0.3) is 111 Å². The van der Waals surface area contributed by atoms with Gasteiger partial charge in [0.15, 0.2) is 17.5 Å². The fourth-order valence-electron chi connectivity index (χ4n) is 8.12. The Hall–Kier alpha value is -7.43. The minimum Gasteiger partial charge on any atom is -0.455 e. The number of aromatic nitrogens is 3. The first kappa shape index (κ1) is 31.1. The maximum atomic E-state index is 6.95. The highest BCUT2D eigenvalue weighted by atomic mass is 16.3. The van der Waals surface area contributed by atoms with Crippen molar-refractivity contribution in [1.29, 1.82) is 0 Å². The van der Waals surface area contributed by atoms with Gasteiger partial charge < -0.3 is 4.42 Å². The Morgan fingerprint density at radius 1 is 0.309 bits per heavy atom. The van der Waals surface area contributed by atoms with Gasteiger partial charge in [0.25, 0.3) is 0 Å². The Morgan fingerprint density at radius 3 is 1.51 bits per heavy atom. The van der Waals surface area contributed by atoms with E-state index in [9.17, 15) is 0 Å². The molecule has 256 valence electrons. The summed E-state index contributed by atoms with van der Waals surface area (Å²) in [6.45, 7) is 0. The van der Waals surface area contributed by atoms with Crippen molar-refractivity contribution in [3.8, 4) is 56.4 Å². The number of furan rings is 1. The Kier molecular flexibility index (Phi) is 7.14. The van der Waals surface area contributed by atoms with Gasteiger partial charge in [0, 0.05) is 33.0 Å². The molecule has 11 aromatic rings. The quantitative estimate of drug-likeness (QED) is 0.179. The van der Waals surface area contributed by atoms with Crippen molar-refractivity contribution in [3.05, 3.63) is 188 Å². The highest BCUT2D eigenvalue weighted by Gasteiger charge is 2.22. The molecule has 0 fully saturated rings. The fourth-order valence-corrected chi connectivity index (χ4v) is 8.12. The van der Waals surface area contributed by atoms with Gasteiger partial charge in [0.1, 0.15) is 11.2 Å². The van der Waals surface area contributed by atoms with Crippen molar-refractivity contribution < 1.29 is 4.42 Å². The molecule has 0 aliphatic carbocycles. The molecule has 0 atom stereocenters. The maximum Gasteiger partial charge on any atom is 0.164 e. The van der Waals surface area contributed by atoms with Gasteiger partial charge in [-0.15, -0.1) is 0 Å². The van der Waals surface area contributed by atoms with Gasteiger partial charge >= 0.3 is 0 Å². The van der Waals surface area contributed by atoms with Crippen LogP contribution in [0.3, 0.4) is 0 Å². The number of hydrogen-bond donors (Lipinski definition) is 0. The highest BCUT2D eigenvalue weighted by Crippen LogP contribution is 2.46. The molecule has 0 bridgehead atoms. The van der Waals surface area contributed by atoms with Crippen molar-refractivity contribution in [3.63, 3.8) is 0 Å². The summed E-state index contributed by atoms with van der Waals surface area (Å²) in [5.41, 5.74) is 9.03.